The molecule has 2 aliphatic rings. The average molecular weight is 258 g/mol. The van der Waals surface area contributed by atoms with Gasteiger partial charge in [-0.25, -0.2) is 0 Å². The van der Waals surface area contributed by atoms with Gasteiger partial charge in [0.1, 0.15) is 0 Å². The molecule has 3 nitrogen and oxygen atoms in total. The van der Waals surface area contributed by atoms with E-state index in [1.54, 1.807) is 0 Å². The maximum Gasteiger partial charge on any atom is 0.0795 e. The molecule has 0 aromatic rings. The molecule has 0 aromatic heterocycles. The second-order valence-corrected chi connectivity index (χ2v) is 7.21. The maximum atomic E-state index is 6.07. The Hall–Kier alpha value is 0.230. The lowest BCUT2D eigenvalue weighted by atomic mass is 9.87. The Morgan fingerprint density at radius 3 is 2.88 bits per heavy atom. The summed E-state index contributed by atoms with van der Waals surface area (Å²) in [5.41, 5.74) is 6.15. The Kier molecular flexibility index (Phi) is 4.08. The van der Waals surface area contributed by atoms with Gasteiger partial charge in [-0.2, -0.15) is 11.8 Å². The van der Waals surface area contributed by atoms with Gasteiger partial charge in [0.2, 0.25) is 0 Å². The van der Waals surface area contributed by atoms with E-state index >= 15 is 0 Å². The first-order valence-electron chi connectivity index (χ1n) is 6.64. The van der Waals surface area contributed by atoms with E-state index in [1.807, 2.05) is 11.8 Å². The van der Waals surface area contributed by atoms with Crippen LogP contribution in [-0.2, 0) is 4.74 Å². The smallest absolute Gasteiger partial charge is 0.0795 e. The second kappa shape index (κ2) is 5.08. The van der Waals surface area contributed by atoms with Crippen molar-refractivity contribution in [3.05, 3.63) is 0 Å². The first-order chi connectivity index (χ1) is 7.99. The molecule has 17 heavy (non-hydrogen) atoms. The van der Waals surface area contributed by atoms with Crippen LogP contribution in [0.3, 0.4) is 0 Å². The number of rotatable bonds is 3. The summed E-state index contributed by atoms with van der Waals surface area (Å²) in [5, 5.41) is 0. The fourth-order valence-electron chi connectivity index (χ4n) is 2.83. The van der Waals surface area contributed by atoms with Gasteiger partial charge in [0.25, 0.3) is 0 Å². The van der Waals surface area contributed by atoms with E-state index in [2.05, 4.69) is 25.8 Å². The number of nitrogens with zero attached hydrogens (tertiary/aromatic N) is 1. The van der Waals surface area contributed by atoms with Crippen molar-refractivity contribution in [2.24, 2.45) is 5.73 Å². The minimum Gasteiger partial charge on any atom is -0.374 e. The third kappa shape index (κ3) is 2.80. The van der Waals surface area contributed by atoms with E-state index in [0.717, 1.165) is 13.0 Å². The van der Waals surface area contributed by atoms with Crippen LogP contribution in [0.2, 0.25) is 0 Å². The quantitative estimate of drug-likeness (QED) is 0.836. The standard InChI is InChI=1S/C13H26N2OS/c1-12(2,9-14)15(3)11-4-6-16-13(8-11)5-7-17-10-13/h11H,4-10,14H2,1-3H3. The fraction of sp³-hybridized carbons (Fsp3) is 1.00. The maximum absolute atomic E-state index is 6.07. The summed E-state index contributed by atoms with van der Waals surface area (Å²) in [5.74, 6) is 2.44. The molecule has 0 amide bonds. The fourth-order valence-corrected chi connectivity index (χ4v) is 4.21. The van der Waals surface area contributed by atoms with Gasteiger partial charge < -0.3 is 10.5 Å². The van der Waals surface area contributed by atoms with E-state index < -0.39 is 0 Å². The molecule has 0 radical (unpaired) electrons. The van der Waals surface area contributed by atoms with E-state index in [-0.39, 0.29) is 11.1 Å². The number of hydrogen-bond donors (Lipinski definition) is 1. The molecule has 2 saturated heterocycles. The first-order valence-corrected chi connectivity index (χ1v) is 7.79. The molecule has 2 unspecified atom stereocenters. The predicted octanol–water partition coefficient (Wildman–Crippen LogP) is 1.71. The van der Waals surface area contributed by atoms with Crippen molar-refractivity contribution in [2.75, 3.05) is 31.7 Å². The Labute approximate surface area is 109 Å². The van der Waals surface area contributed by atoms with E-state index in [1.165, 1.54) is 24.3 Å². The van der Waals surface area contributed by atoms with Crippen molar-refractivity contribution < 1.29 is 4.74 Å². The van der Waals surface area contributed by atoms with Gasteiger partial charge >= 0.3 is 0 Å². The summed E-state index contributed by atoms with van der Waals surface area (Å²) in [6, 6.07) is 0.626. The summed E-state index contributed by atoms with van der Waals surface area (Å²) in [4.78, 5) is 2.47. The zero-order chi connectivity index (χ0) is 12.5. The number of nitrogens with two attached hydrogens (primary N) is 1. The summed E-state index contributed by atoms with van der Waals surface area (Å²) >= 11 is 2.04. The summed E-state index contributed by atoms with van der Waals surface area (Å²) < 4.78 is 6.07. The zero-order valence-electron chi connectivity index (χ0n) is 11.4. The second-order valence-electron chi connectivity index (χ2n) is 6.11. The monoisotopic (exact) mass is 258 g/mol. The number of hydrogen-bond acceptors (Lipinski definition) is 4. The van der Waals surface area contributed by atoms with Crippen LogP contribution in [0.4, 0.5) is 0 Å². The van der Waals surface area contributed by atoms with Crippen molar-refractivity contribution >= 4 is 11.8 Å². The van der Waals surface area contributed by atoms with E-state index in [0.29, 0.717) is 12.6 Å². The van der Waals surface area contributed by atoms with Crippen molar-refractivity contribution in [1.29, 1.82) is 0 Å². The minimum absolute atomic E-state index is 0.0922. The van der Waals surface area contributed by atoms with Crippen LogP contribution in [0.1, 0.15) is 33.1 Å². The van der Waals surface area contributed by atoms with Crippen LogP contribution in [0.5, 0.6) is 0 Å². The summed E-state index contributed by atoms with van der Waals surface area (Å²) in [6.07, 6.45) is 3.55. The molecular formula is C13H26N2OS. The highest BCUT2D eigenvalue weighted by Crippen LogP contribution is 2.40. The molecule has 1 spiro atoms. The topological polar surface area (TPSA) is 38.5 Å². The zero-order valence-corrected chi connectivity index (χ0v) is 12.2. The predicted molar refractivity (Wildman–Crippen MR) is 74.5 cm³/mol. The van der Waals surface area contributed by atoms with Crippen LogP contribution in [0, 0.1) is 0 Å². The molecule has 2 aliphatic heterocycles. The molecule has 0 saturated carbocycles. The number of thioether (sulfide) groups is 1. The molecule has 2 fully saturated rings. The molecule has 100 valence electrons. The van der Waals surface area contributed by atoms with Gasteiger partial charge in [0.15, 0.2) is 0 Å². The molecule has 2 atom stereocenters. The first kappa shape index (κ1) is 13.7. The lowest BCUT2D eigenvalue weighted by Gasteiger charge is -2.46. The van der Waals surface area contributed by atoms with Crippen molar-refractivity contribution in [3.63, 3.8) is 0 Å². The number of likely N-dealkylation sites (N-methyl/N-ethyl adjacent to an activating group) is 1. The van der Waals surface area contributed by atoms with Crippen molar-refractivity contribution in [3.8, 4) is 0 Å². The minimum atomic E-state index is 0.0922. The highest BCUT2D eigenvalue weighted by Gasteiger charge is 2.43. The van der Waals surface area contributed by atoms with Crippen molar-refractivity contribution in [1.82, 2.24) is 4.90 Å². The van der Waals surface area contributed by atoms with Gasteiger partial charge in [-0.15, -0.1) is 0 Å². The lowest BCUT2D eigenvalue weighted by molar-refractivity contribution is -0.0971. The SMILES string of the molecule is CN(C1CCOC2(CCSC2)C1)C(C)(C)CN. The summed E-state index contributed by atoms with van der Waals surface area (Å²) in [7, 11) is 2.22. The Morgan fingerprint density at radius 2 is 2.29 bits per heavy atom. The highest BCUT2D eigenvalue weighted by molar-refractivity contribution is 7.99. The van der Waals surface area contributed by atoms with Gasteiger partial charge in [0.05, 0.1) is 5.60 Å². The Balaban J connectivity index is 2.02. The van der Waals surface area contributed by atoms with Gasteiger partial charge in [-0.1, -0.05) is 0 Å². The molecule has 2 rings (SSSR count). The molecule has 0 aliphatic carbocycles. The normalized spacial score (nSPS) is 34.8. The average Bonchev–Trinajstić information content (AvgIpc) is 2.76. The molecular weight excluding hydrogens is 232 g/mol. The van der Waals surface area contributed by atoms with Crippen LogP contribution in [0.25, 0.3) is 0 Å². The molecule has 4 heteroatoms. The highest BCUT2D eigenvalue weighted by atomic mass is 32.2. The van der Waals surface area contributed by atoms with Crippen LogP contribution in [-0.4, -0.2) is 53.8 Å². The molecule has 0 bridgehead atoms. The summed E-state index contributed by atoms with van der Waals surface area (Å²) in [6.45, 7) is 6.09. The molecule has 2 heterocycles. The van der Waals surface area contributed by atoms with Crippen LogP contribution < -0.4 is 5.73 Å². The Bertz CT molecular complexity index is 264. The third-order valence-corrected chi connectivity index (χ3v) is 5.76. The molecule has 0 aromatic carbocycles. The van der Waals surface area contributed by atoms with Crippen LogP contribution in [0.15, 0.2) is 0 Å². The van der Waals surface area contributed by atoms with E-state index in [9.17, 15) is 0 Å². The van der Waals surface area contributed by atoms with Gasteiger partial charge in [-0.05, 0) is 45.9 Å². The van der Waals surface area contributed by atoms with Crippen molar-refractivity contribution in [2.45, 2.75) is 50.3 Å². The van der Waals surface area contributed by atoms with E-state index in [4.69, 9.17) is 10.5 Å². The number of ether oxygens (including phenoxy) is 1. The van der Waals surface area contributed by atoms with Gasteiger partial charge in [0, 0.05) is 30.5 Å². The van der Waals surface area contributed by atoms with Gasteiger partial charge in [-0.3, -0.25) is 4.90 Å². The molecule has 2 N–H and O–H groups in total. The third-order valence-electron chi connectivity index (χ3n) is 4.54. The lowest BCUT2D eigenvalue weighted by Crippen LogP contribution is -2.56. The Morgan fingerprint density at radius 1 is 1.53 bits per heavy atom. The van der Waals surface area contributed by atoms with Crippen LogP contribution >= 0.6 is 11.8 Å². The largest absolute Gasteiger partial charge is 0.374 e.